The van der Waals surface area contributed by atoms with Crippen LogP contribution in [0.25, 0.3) is 6.08 Å². The SMILES string of the molecule is CN(C)c1cccc[n+]1CCC=Cc1ccccc1.[I-]. The zero-order chi connectivity index (χ0) is 13.5. The van der Waals surface area contributed by atoms with E-state index in [0.717, 1.165) is 13.0 Å². The minimum atomic E-state index is 0. The lowest BCUT2D eigenvalue weighted by Gasteiger charge is -2.09. The lowest BCUT2D eigenvalue weighted by Crippen LogP contribution is -3.00. The zero-order valence-electron chi connectivity index (χ0n) is 12.0. The molecule has 0 saturated carbocycles. The monoisotopic (exact) mass is 380 g/mol. The number of hydrogen-bond acceptors (Lipinski definition) is 1. The van der Waals surface area contributed by atoms with E-state index in [9.17, 15) is 0 Å². The number of hydrogen-bond donors (Lipinski definition) is 0. The summed E-state index contributed by atoms with van der Waals surface area (Å²) >= 11 is 0. The van der Waals surface area contributed by atoms with Crippen LogP contribution in [0.3, 0.4) is 0 Å². The van der Waals surface area contributed by atoms with Crippen LogP contribution in [0.5, 0.6) is 0 Å². The third kappa shape index (κ3) is 4.96. The van der Waals surface area contributed by atoms with E-state index in [4.69, 9.17) is 0 Å². The summed E-state index contributed by atoms with van der Waals surface area (Å²) in [6.07, 6.45) is 7.57. The highest BCUT2D eigenvalue weighted by Gasteiger charge is 2.08. The molecule has 1 aromatic heterocycles. The van der Waals surface area contributed by atoms with Gasteiger partial charge in [0.15, 0.2) is 0 Å². The highest BCUT2D eigenvalue weighted by atomic mass is 127. The first kappa shape index (κ1) is 16.7. The first-order valence-electron chi connectivity index (χ1n) is 6.65. The fraction of sp³-hybridized carbons (Fsp3) is 0.235. The third-order valence-electron chi connectivity index (χ3n) is 3.02. The molecule has 0 radical (unpaired) electrons. The second-order valence-corrected chi connectivity index (χ2v) is 4.75. The van der Waals surface area contributed by atoms with Gasteiger partial charge >= 0.3 is 0 Å². The summed E-state index contributed by atoms with van der Waals surface area (Å²) in [7, 11) is 4.15. The Morgan fingerprint density at radius 2 is 1.70 bits per heavy atom. The minimum absolute atomic E-state index is 0. The molecule has 0 unspecified atom stereocenters. The number of rotatable bonds is 5. The van der Waals surface area contributed by atoms with Crippen molar-refractivity contribution in [1.82, 2.24) is 0 Å². The van der Waals surface area contributed by atoms with Crippen LogP contribution >= 0.6 is 0 Å². The van der Waals surface area contributed by atoms with Crippen molar-refractivity contribution in [2.75, 3.05) is 19.0 Å². The Morgan fingerprint density at radius 3 is 2.40 bits per heavy atom. The second kappa shape index (κ2) is 8.74. The van der Waals surface area contributed by atoms with Crippen molar-refractivity contribution in [3.8, 4) is 0 Å². The Hall–Kier alpha value is -1.36. The molecule has 0 N–H and O–H groups in total. The molecule has 0 bridgehead atoms. The molecule has 3 heteroatoms. The van der Waals surface area contributed by atoms with Gasteiger partial charge in [0.1, 0.15) is 0 Å². The van der Waals surface area contributed by atoms with E-state index < -0.39 is 0 Å². The standard InChI is InChI=1S/C17H21N2.HI/c1-18(2)17-13-7-9-15-19(17)14-8-6-12-16-10-4-3-5-11-16;/h3-7,9-13,15H,8,14H2,1-2H3;1H/q+1;/p-1. The van der Waals surface area contributed by atoms with E-state index >= 15 is 0 Å². The van der Waals surface area contributed by atoms with Gasteiger partial charge in [0.05, 0.1) is 26.8 Å². The van der Waals surface area contributed by atoms with Crippen LogP contribution in [0.1, 0.15) is 12.0 Å². The average Bonchev–Trinajstić information content (AvgIpc) is 2.45. The molecule has 0 fully saturated rings. The summed E-state index contributed by atoms with van der Waals surface area (Å²) in [6.45, 7) is 0.998. The van der Waals surface area contributed by atoms with Gasteiger partial charge in [0, 0.05) is 12.5 Å². The molecule has 20 heavy (non-hydrogen) atoms. The molecule has 0 aliphatic heterocycles. The maximum Gasteiger partial charge on any atom is 0.276 e. The number of halogens is 1. The Labute approximate surface area is 138 Å². The van der Waals surface area contributed by atoms with Crippen LogP contribution in [0, 0.1) is 0 Å². The first-order chi connectivity index (χ1) is 9.27. The van der Waals surface area contributed by atoms with Crippen molar-refractivity contribution in [2.45, 2.75) is 13.0 Å². The van der Waals surface area contributed by atoms with E-state index in [0.29, 0.717) is 0 Å². The fourth-order valence-corrected chi connectivity index (χ4v) is 2.06. The first-order valence-corrected chi connectivity index (χ1v) is 6.65. The number of aromatic nitrogens is 1. The lowest BCUT2D eigenvalue weighted by molar-refractivity contribution is -0.683. The highest BCUT2D eigenvalue weighted by Crippen LogP contribution is 2.04. The van der Waals surface area contributed by atoms with Crippen molar-refractivity contribution < 1.29 is 28.5 Å². The molecule has 0 spiro atoms. The molecule has 1 heterocycles. The van der Waals surface area contributed by atoms with Gasteiger partial charge in [-0.25, -0.2) is 4.57 Å². The number of aryl methyl sites for hydroxylation is 1. The molecule has 2 nitrogen and oxygen atoms in total. The van der Waals surface area contributed by atoms with E-state index in [1.54, 1.807) is 0 Å². The number of nitrogens with zero attached hydrogens (tertiary/aromatic N) is 2. The number of benzene rings is 1. The van der Waals surface area contributed by atoms with Crippen LogP contribution in [-0.2, 0) is 6.54 Å². The summed E-state index contributed by atoms with van der Waals surface area (Å²) in [5.74, 6) is 1.23. The van der Waals surface area contributed by atoms with E-state index in [-0.39, 0.29) is 24.0 Å². The van der Waals surface area contributed by atoms with Gasteiger partial charge in [0.2, 0.25) is 0 Å². The molecular formula is C17H21IN2. The molecule has 0 aliphatic carbocycles. The molecule has 1 aromatic carbocycles. The third-order valence-corrected chi connectivity index (χ3v) is 3.02. The zero-order valence-corrected chi connectivity index (χ0v) is 14.2. The van der Waals surface area contributed by atoms with Gasteiger partial charge < -0.3 is 24.0 Å². The average molecular weight is 380 g/mol. The van der Waals surface area contributed by atoms with Crippen molar-refractivity contribution in [1.29, 1.82) is 0 Å². The van der Waals surface area contributed by atoms with Crippen LogP contribution in [-0.4, -0.2) is 14.1 Å². The topological polar surface area (TPSA) is 7.12 Å². The normalized spacial score (nSPS) is 10.3. The lowest BCUT2D eigenvalue weighted by atomic mass is 10.2. The molecule has 0 aliphatic rings. The quantitative estimate of drug-likeness (QED) is 0.529. The van der Waals surface area contributed by atoms with Crippen molar-refractivity contribution >= 4 is 11.9 Å². The van der Waals surface area contributed by atoms with Gasteiger partial charge in [-0.05, 0) is 11.6 Å². The summed E-state index contributed by atoms with van der Waals surface area (Å²) in [5, 5.41) is 0. The van der Waals surface area contributed by atoms with Crippen LogP contribution in [0.2, 0.25) is 0 Å². The second-order valence-electron chi connectivity index (χ2n) is 4.75. The smallest absolute Gasteiger partial charge is 0.276 e. The summed E-state index contributed by atoms with van der Waals surface area (Å²) in [6, 6.07) is 16.7. The number of pyridine rings is 1. The van der Waals surface area contributed by atoms with Crippen LogP contribution < -0.4 is 33.4 Å². The van der Waals surface area contributed by atoms with Gasteiger partial charge in [-0.2, -0.15) is 0 Å². The number of anilines is 1. The van der Waals surface area contributed by atoms with Crippen LogP contribution in [0.4, 0.5) is 5.82 Å². The van der Waals surface area contributed by atoms with Crippen LogP contribution in [0.15, 0.2) is 60.8 Å². The molecule has 2 rings (SSSR count). The Balaban J connectivity index is 0.00000200. The summed E-state index contributed by atoms with van der Waals surface area (Å²) in [4.78, 5) is 2.14. The van der Waals surface area contributed by atoms with E-state index in [1.165, 1.54) is 11.4 Å². The predicted octanol–water partition coefficient (Wildman–Crippen LogP) is 0.148. The van der Waals surface area contributed by atoms with Gasteiger partial charge in [-0.3, -0.25) is 4.90 Å². The Morgan fingerprint density at radius 1 is 1.00 bits per heavy atom. The molecule has 0 amide bonds. The van der Waals surface area contributed by atoms with E-state index in [2.05, 4.69) is 84.4 Å². The number of allylic oxidation sites excluding steroid dienone is 1. The molecule has 2 aromatic rings. The van der Waals surface area contributed by atoms with Gasteiger partial charge in [0.25, 0.3) is 5.82 Å². The Kier molecular flexibility index (Phi) is 7.30. The van der Waals surface area contributed by atoms with Gasteiger partial charge in [-0.1, -0.05) is 48.6 Å². The predicted molar refractivity (Wildman–Crippen MR) is 81.1 cm³/mol. The minimum Gasteiger partial charge on any atom is -1.00 e. The van der Waals surface area contributed by atoms with Crippen molar-refractivity contribution in [3.05, 3.63) is 66.4 Å². The molecular weight excluding hydrogens is 359 g/mol. The summed E-state index contributed by atoms with van der Waals surface area (Å²) in [5.41, 5.74) is 1.26. The highest BCUT2D eigenvalue weighted by molar-refractivity contribution is 5.48. The van der Waals surface area contributed by atoms with Gasteiger partial charge in [-0.15, -0.1) is 0 Å². The van der Waals surface area contributed by atoms with E-state index in [1.807, 2.05) is 6.07 Å². The maximum atomic E-state index is 2.27. The molecule has 0 atom stereocenters. The molecule has 0 saturated heterocycles. The fourth-order valence-electron chi connectivity index (χ4n) is 2.06. The summed E-state index contributed by atoms with van der Waals surface area (Å²) < 4.78 is 2.27. The maximum absolute atomic E-state index is 2.27. The van der Waals surface area contributed by atoms with Crippen molar-refractivity contribution in [2.24, 2.45) is 0 Å². The molecule has 106 valence electrons. The largest absolute Gasteiger partial charge is 1.00 e. The Bertz CT molecular complexity index is 536. The van der Waals surface area contributed by atoms with Crippen molar-refractivity contribution in [3.63, 3.8) is 0 Å².